The molecule has 2 unspecified atom stereocenters. The van der Waals surface area contributed by atoms with Crippen molar-refractivity contribution in [3.05, 3.63) is 46.8 Å². The first-order chi connectivity index (χ1) is 12.8. The minimum absolute atomic E-state index is 0.166. The number of hydrogen-bond acceptors (Lipinski definition) is 7. The number of benzene rings is 1. The first-order valence-corrected chi connectivity index (χ1v) is 8.46. The lowest BCUT2D eigenvalue weighted by molar-refractivity contribution is -0.119. The first-order valence-electron chi connectivity index (χ1n) is 8.46. The standard InChI is InChI=1S/C18H14N6O2/c19-7-11-15(10-4-1-5-13-17(10)24-26-23-13)12-8-20-22-18(12)21-16(11)9-3-2-6-14(9)25/h1,4-5,8-9,15H,2-3,6H2,(H2,20,21,22). The van der Waals surface area contributed by atoms with Gasteiger partial charge in [0.05, 0.1) is 23.5 Å². The molecule has 1 aromatic carbocycles. The number of carbonyl (C=O) groups is 1. The molecule has 2 aromatic heterocycles. The number of nitrogens with zero attached hydrogens (tertiary/aromatic N) is 4. The number of anilines is 1. The van der Waals surface area contributed by atoms with Gasteiger partial charge in [0.15, 0.2) is 5.82 Å². The Labute approximate surface area is 147 Å². The molecule has 5 rings (SSSR count). The number of ketones is 1. The van der Waals surface area contributed by atoms with Crippen LogP contribution in [-0.4, -0.2) is 26.3 Å². The van der Waals surface area contributed by atoms with Gasteiger partial charge >= 0.3 is 0 Å². The second-order valence-electron chi connectivity index (χ2n) is 6.58. The van der Waals surface area contributed by atoms with Crippen LogP contribution in [0.15, 0.2) is 40.3 Å². The molecule has 3 aromatic rings. The number of carbonyl (C=O) groups excluding carboxylic acids is 1. The molecule has 1 aliphatic carbocycles. The van der Waals surface area contributed by atoms with Crippen molar-refractivity contribution < 1.29 is 9.42 Å². The quantitative estimate of drug-likeness (QED) is 0.731. The highest BCUT2D eigenvalue weighted by molar-refractivity contribution is 5.88. The third kappa shape index (κ3) is 2.00. The molecule has 128 valence electrons. The average molecular weight is 346 g/mol. The number of aromatic nitrogens is 4. The number of rotatable bonds is 2. The van der Waals surface area contributed by atoms with Crippen LogP contribution in [0.25, 0.3) is 11.0 Å². The Morgan fingerprint density at radius 3 is 3.00 bits per heavy atom. The molecule has 26 heavy (non-hydrogen) atoms. The van der Waals surface area contributed by atoms with E-state index in [4.69, 9.17) is 4.63 Å². The Morgan fingerprint density at radius 1 is 1.27 bits per heavy atom. The van der Waals surface area contributed by atoms with Crippen molar-refractivity contribution in [2.45, 2.75) is 25.2 Å². The van der Waals surface area contributed by atoms with Crippen LogP contribution in [0.5, 0.6) is 0 Å². The van der Waals surface area contributed by atoms with Crippen LogP contribution >= 0.6 is 0 Å². The Kier molecular flexibility index (Phi) is 3.15. The number of nitriles is 1. The number of Topliss-reactive ketones (excluding diaryl/α,β-unsaturated/α-hetero) is 1. The second-order valence-corrected chi connectivity index (χ2v) is 6.58. The monoisotopic (exact) mass is 346 g/mol. The largest absolute Gasteiger partial charge is 0.340 e. The zero-order valence-electron chi connectivity index (χ0n) is 13.7. The molecular weight excluding hydrogens is 332 g/mol. The number of nitrogens with one attached hydrogen (secondary N) is 2. The van der Waals surface area contributed by atoms with Crippen LogP contribution < -0.4 is 5.32 Å². The van der Waals surface area contributed by atoms with Gasteiger partial charge in [0.1, 0.15) is 16.8 Å². The Hall–Kier alpha value is -3.47. The summed E-state index contributed by atoms with van der Waals surface area (Å²) in [5.74, 6) is 0.136. The lowest BCUT2D eigenvalue weighted by Crippen LogP contribution is -2.25. The molecule has 1 aliphatic heterocycles. The van der Waals surface area contributed by atoms with Crippen LogP contribution in [0.3, 0.4) is 0 Å². The normalized spacial score (nSPS) is 22.3. The van der Waals surface area contributed by atoms with Crippen LogP contribution in [0.4, 0.5) is 5.82 Å². The summed E-state index contributed by atoms with van der Waals surface area (Å²) in [4.78, 5) is 12.4. The topological polar surface area (TPSA) is 120 Å². The van der Waals surface area contributed by atoms with Crippen molar-refractivity contribution in [3.63, 3.8) is 0 Å². The van der Waals surface area contributed by atoms with E-state index >= 15 is 0 Å². The molecule has 2 aliphatic rings. The summed E-state index contributed by atoms with van der Waals surface area (Å²) in [5.41, 5.74) is 4.07. The van der Waals surface area contributed by atoms with Gasteiger partial charge in [-0.1, -0.05) is 12.1 Å². The van der Waals surface area contributed by atoms with Gasteiger partial charge < -0.3 is 5.32 Å². The zero-order chi connectivity index (χ0) is 17.7. The molecule has 2 atom stereocenters. The van der Waals surface area contributed by atoms with Crippen LogP contribution in [0.2, 0.25) is 0 Å². The van der Waals surface area contributed by atoms with Crippen molar-refractivity contribution in [1.82, 2.24) is 20.5 Å². The summed E-state index contributed by atoms with van der Waals surface area (Å²) in [6.45, 7) is 0. The van der Waals surface area contributed by atoms with Gasteiger partial charge in [0, 0.05) is 23.9 Å². The fraction of sp³-hybridized carbons (Fsp3) is 0.278. The second kappa shape index (κ2) is 5.52. The molecule has 1 fully saturated rings. The van der Waals surface area contributed by atoms with E-state index in [1.165, 1.54) is 0 Å². The number of H-pyrrole nitrogens is 1. The first kappa shape index (κ1) is 14.8. The number of aromatic amines is 1. The van der Waals surface area contributed by atoms with E-state index in [9.17, 15) is 10.1 Å². The summed E-state index contributed by atoms with van der Waals surface area (Å²) in [7, 11) is 0. The van der Waals surface area contributed by atoms with E-state index in [2.05, 4.69) is 31.9 Å². The smallest absolute Gasteiger partial charge is 0.156 e. The third-order valence-electron chi connectivity index (χ3n) is 5.21. The van der Waals surface area contributed by atoms with Gasteiger partial charge in [0.2, 0.25) is 0 Å². The van der Waals surface area contributed by atoms with E-state index in [0.29, 0.717) is 34.5 Å². The molecule has 0 radical (unpaired) electrons. The third-order valence-corrected chi connectivity index (χ3v) is 5.21. The van der Waals surface area contributed by atoms with Gasteiger partial charge in [-0.05, 0) is 34.8 Å². The van der Waals surface area contributed by atoms with Gasteiger partial charge in [-0.15, -0.1) is 0 Å². The minimum Gasteiger partial charge on any atom is -0.340 e. The van der Waals surface area contributed by atoms with Crippen molar-refractivity contribution in [1.29, 1.82) is 5.26 Å². The molecule has 0 bridgehead atoms. The molecule has 1 saturated carbocycles. The predicted molar refractivity (Wildman–Crippen MR) is 90.8 cm³/mol. The molecule has 0 saturated heterocycles. The van der Waals surface area contributed by atoms with E-state index in [1.807, 2.05) is 18.2 Å². The molecule has 0 amide bonds. The minimum atomic E-state index is -0.381. The number of allylic oxidation sites excluding steroid dienone is 2. The van der Waals surface area contributed by atoms with Crippen LogP contribution in [-0.2, 0) is 4.79 Å². The Morgan fingerprint density at radius 2 is 2.19 bits per heavy atom. The summed E-state index contributed by atoms with van der Waals surface area (Å²) in [6.07, 6.45) is 3.90. The van der Waals surface area contributed by atoms with Crippen LogP contribution in [0, 0.1) is 17.2 Å². The fourth-order valence-electron chi connectivity index (χ4n) is 4.03. The molecule has 0 spiro atoms. The van der Waals surface area contributed by atoms with Gasteiger partial charge in [-0.25, -0.2) is 4.63 Å². The maximum Gasteiger partial charge on any atom is 0.156 e. The highest BCUT2D eigenvalue weighted by atomic mass is 16.6. The summed E-state index contributed by atoms with van der Waals surface area (Å²) in [6, 6.07) is 7.91. The predicted octanol–water partition coefficient (Wildman–Crippen LogP) is 2.65. The lowest BCUT2D eigenvalue weighted by atomic mass is 9.80. The SMILES string of the molecule is N#CC1=C(C2CCCC2=O)Nc2n[nH]cc2C1c1cccc2nonc12. The van der Waals surface area contributed by atoms with Gasteiger partial charge in [-0.3, -0.25) is 9.89 Å². The molecule has 2 N–H and O–H groups in total. The lowest BCUT2D eigenvalue weighted by Gasteiger charge is -2.28. The zero-order valence-corrected chi connectivity index (χ0v) is 13.7. The van der Waals surface area contributed by atoms with Crippen molar-refractivity contribution in [2.24, 2.45) is 5.92 Å². The van der Waals surface area contributed by atoms with Crippen molar-refractivity contribution in [3.8, 4) is 6.07 Å². The number of hydrogen-bond donors (Lipinski definition) is 2. The van der Waals surface area contributed by atoms with Gasteiger partial charge in [0.25, 0.3) is 0 Å². The molecule has 3 heterocycles. The maximum atomic E-state index is 12.4. The van der Waals surface area contributed by atoms with Crippen molar-refractivity contribution in [2.75, 3.05) is 5.32 Å². The average Bonchev–Trinajstić information content (AvgIpc) is 3.39. The van der Waals surface area contributed by atoms with E-state index < -0.39 is 0 Å². The highest BCUT2D eigenvalue weighted by Crippen LogP contribution is 2.45. The fourth-order valence-corrected chi connectivity index (χ4v) is 4.03. The summed E-state index contributed by atoms with van der Waals surface area (Å²) >= 11 is 0. The van der Waals surface area contributed by atoms with E-state index in [0.717, 1.165) is 24.0 Å². The molecular formula is C18H14N6O2. The highest BCUT2D eigenvalue weighted by Gasteiger charge is 2.38. The maximum absolute atomic E-state index is 12.4. The van der Waals surface area contributed by atoms with E-state index in [1.54, 1.807) is 6.20 Å². The Balaban J connectivity index is 1.76. The summed E-state index contributed by atoms with van der Waals surface area (Å²) < 4.78 is 4.89. The molecule has 8 nitrogen and oxygen atoms in total. The van der Waals surface area contributed by atoms with Gasteiger partial charge in [-0.2, -0.15) is 10.4 Å². The van der Waals surface area contributed by atoms with E-state index in [-0.39, 0.29) is 17.6 Å². The Bertz CT molecular complexity index is 1100. The number of fused-ring (bicyclic) bond motifs is 2. The van der Waals surface area contributed by atoms with Crippen LogP contribution in [0.1, 0.15) is 36.3 Å². The summed E-state index contributed by atoms with van der Waals surface area (Å²) in [5, 5.41) is 28.2. The van der Waals surface area contributed by atoms with Crippen molar-refractivity contribution >= 4 is 22.6 Å². The molecule has 8 heteroatoms.